The molecule has 5 N–H and O–H groups in total. The summed E-state index contributed by atoms with van der Waals surface area (Å²) in [5, 5.41) is 27.0. The van der Waals surface area contributed by atoms with Crippen molar-refractivity contribution in [1.82, 2.24) is 0 Å². The lowest BCUT2D eigenvalue weighted by atomic mass is 9.77. The first-order valence-corrected chi connectivity index (χ1v) is 9.86. The maximum atomic E-state index is 12.5. The lowest BCUT2D eigenvalue weighted by Crippen LogP contribution is -2.32. The second-order valence-electron chi connectivity index (χ2n) is 6.71. The number of fused-ring (bicyclic) bond motifs is 6. The van der Waals surface area contributed by atoms with E-state index in [4.69, 9.17) is 20.6 Å². The van der Waals surface area contributed by atoms with Gasteiger partial charge in [0.2, 0.25) is 0 Å². The molecule has 5 rings (SSSR count). The van der Waals surface area contributed by atoms with Gasteiger partial charge in [-0.25, -0.2) is 10.2 Å². The number of phenolic OH excluding ortho intramolecular Hbond substituents is 2. The Morgan fingerprint density at radius 1 is 1.03 bits per heavy atom. The highest BCUT2D eigenvalue weighted by Crippen LogP contribution is 2.56. The van der Waals surface area contributed by atoms with Crippen molar-refractivity contribution < 1.29 is 24.5 Å². The Bertz CT molecular complexity index is 1170. The molecule has 0 fully saturated rings. The summed E-state index contributed by atoms with van der Waals surface area (Å²) >= 11 is 3.81. The Morgan fingerprint density at radius 2 is 1.53 bits per heavy atom. The summed E-state index contributed by atoms with van der Waals surface area (Å²) in [5.74, 6) is 0.408. The van der Waals surface area contributed by atoms with Crippen molar-refractivity contribution in [2.24, 2.45) is 5.73 Å². The number of thiocarbonyl (C=S) groups is 1. The standard InChI is InChI=1S/C20H12O5.C3H7N.CHNS/c21-11-5-7-15-17(9-11)24-18-10-12(22)6-8-16(18)20(15)14-4-2-1-3-13(14)19(23)25-20;1-2-3-4;2-1-3/h1-10,21-22H;2H,1,3-4H2;2H. The van der Waals surface area contributed by atoms with Crippen LogP contribution in [0, 0.1) is 5.41 Å². The number of nitrogens with one attached hydrogen (secondary N) is 1. The summed E-state index contributed by atoms with van der Waals surface area (Å²) in [6.07, 6.45) is 1.65. The molecular formula is C24H20N2O5S. The molecule has 0 radical (unpaired) electrons. The van der Waals surface area contributed by atoms with Crippen molar-refractivity contribution in [3.05, 3.63) is 95.6 Å². The Kier molecular flexibility index (Phi) is 6.70. The number of phenols is 2. The third-order valence-corrected chi connectivity index (χ3v) is 4.85. The zero-order chi connectivity index (χ0) is 23.3. The van der Waals surface area contributed by atoms with Crippen LogP contribution in [0.4, 0.5) is 0 Å². The van der Waals surface area contributed by atoms with Gasteiger partial charge in [-0.2, -0.15) is 0 Å². The predicted octanol–water partition coefficient (Wildman–Crippen LogP) is 4.46. The lowest BCUT2D eigenvalue weighted by molar-refractivity contribution is 0.0224. The molecular weight excluding hydrogens is 428 g/mol. The van der Waals surface area contributed by atoms with Crippen LogP contribution in [-0.4, -0.2) is 27.9 Å². The molecule has 0 saturated carbocycles. The highest BCUT2D eigenvalue weighted by atomic mass is 32.1. The molecule has 3 aromatic carbocycles. The Hall–Kier alpha value is -3.97. The van der Waals surface area contributed by atoms with Crippen molar-refractivity contribution in [3.63, 3.8) is 0 Å². The summed E-state index contributed by atoms with van der Waals surface area (Å²) in [5.41, 5.74) is 6.19. The van der Waals surface area contributed by atoms with Crippen LogP contribution in [0.15, 0.2) is 73.3 Å². The van der Waals surface area contributed by atoms with Gasteiger partial charge in [0.05, 0.1) is 10.7 Å². The monoisotopic (exact) mass is 448 g/mol. The molecule has 8 heteroatoms. The SMILES string of the molecule is C=CCN.N=C=S.O=C1OC2(c3ccc(O)cc3Oc3cc(O)ccc32)c2ccccc21. The number of hydrogen-bond donors (Lipinski definition) is 4. The first kappa shape index (κ1) is 22.7. The fraction of sp³-hybridized carbons (Fsp3) is 0.0833. The number of nitrogens with two attached hydrogens (primary N) is 1. The van der Waals surface area contributed by atoms with Crippen LogP contribution in [0.5, 0.6) is 23.0 Å². The quantitative estimate of drug-likeness (QED) is 0.187. The van der Waals surface area contributed by atoms with E-state index in [1.165, 1.54) is 24.3 Å². The van der Waals surface area contributed by atoms with Crippen LogP contribution < -0.4 is 10.5 Å². The third-order valence-electron chi connectivity index (χ3n) is 4.85. The van der Waals surface area contributed by atoms with Crippen molar-refractivity contribution >= 4 is 23.3 Å². The van der Waals surface area contributed by atoms with E-state index in [1.807, 2.05) is 12.1 Å². The second-order valence-corrected chi connectivity index (χ2v) is 6.91. The largest absolute Gasteiger partial charge is 0.508 e. The van der Waals surface area contributed by atoms with E-state index in [2.05, 4.69) is 18.8 Å². The molecule has 1 spiro atoms. The van der Waals surface area contributed by atoms with Crippen LogP contribution in [0.1, 0.15) is 27.0 Å². The number of isothiocyanates is 1. The van der Waals surface area contributed by atoms with Gasteiger partial charge < -0.3 is 25.4 Å². The fourth-order valence-electron chi connectivity index (χ4n) is 3.65. The fourth-order valence-corrected chi connectivity index (χ4v) is 3.65. The van der Waals surface area contributed by atoms with Gasteiger partial charge >= 0.3 is 5.97 Å². The van der Waals surface area contributed by atoms with E-state index < -0.39 is 11.6 Å². The highest BCUT2D eigenvalue weighted by molar-refractivity contribution is 7.78. The normalized spacial score (nSPS) is 13.3. The van der Waals surface area contributed by atoms with Crippen LogP contribution in [0.3, 0.4) is 0 Å². The van der Waals surface area contributed by atoms with E-state index >= 15 is 0 Å². The minimum absolute atomic E-state index is 0.0371. The summed E-state index contributed by atoms with van der Waals surface area (Å²) in [7, 11) is 0. The van der Waals surface area contributed by atoms with E-state index in [9.17, 15) is 15.0 Å². The molecule has 0 unspecified atom stereocenters. The number of carbonyl (C=O) groups excluding carboxylic acids is 1. The number of rotatable bonds is 1. The first-order valence-electron chi connectivity index (χ1n) is 9.45. The van der Waals surface area contributed by atoms with Crippen molar-refractivity contribution in [3.8, 4) is 23.0 Å². The summed E-state index contributed by atoms with van der Waals surface area (Å²) in [6, 6.07) is 16.6. The molecule has 0 aromatic heterocycles. The molecule has 2 aliphatic heterocycles. The second kappa shape index (κ2) is 9.45. The predicted molar refractivity (Wildman–Crippen MR) is 123 cm³/mol. The summed E-state index contributed by atoms with van der Waals surface area (Å²) in [6.45, 7) is 3.94. The number of carbonyl (C=O) groups is 1. The number of ether oxygens (including phenoxy) is 2. The van der Waals surface area contributed by atoms with Crippen molar-refractivity contribution in [2.45, 2.75) is 5.60 Å². The molecule has 0 saturated heterocycles. The molecule has 0 aliphatic carbocycles. The molecule has 3 aromatic rings. The maximum Gasteiger partial charge on any atom is 0.340 e. The number of benzene rings is 3. The zero-order valence-corrected chi connectivity index (χ0v) is 17.7. The number of hydrogen-bond acceptors (Lipinski definition) is 8. The van der Waals surface area contributed by atoms with Gasteiger partial charge in [0, 0.05) is 35.4 Å². The molecule has 2 aliphatic rings. The minimum Gasteiger partial charge on any atom is -0.508 e. The summed E-state index contributed by atoms with van der Waals surface area (Å²) < 4.78 is 11.8. The summed E-state index contributed by atoms with van der Waals surface area (Å²) in [4.78, 5) is 12.5. The molecule has 0 atom stereocenters. The Balaban J connectivity index is 0.000000367. The zero-order valence-electron chi connectivity index (χ0n) is 16.9. The van der Waals surface area contributed by atoms with Crippen LogP contribution in [0.2, 0.25) is 0 Å². The third kappa shape index (κ3) is 3.86. The van der Waals surface area contributed by atoms with Crippen molar-refractivity contribution in [1.29, 1.82) is 5.41 Å². The molecule has 0 bridgehead atoms. The van der Waals surface area contributed by atoms with E-state index in [1.54, 1.807) is 35.5 Å². The van der Waals surface area contributed by atoms with E-state index in [0.717, 1.165) is 0 Å². The number of aromatic hydroxyl groups is 2. The van der Waals surface area contributed by atoms with Crippen molar-refractivity contribution in [2.75, 3.05) is 6.54 Å². The molecule has 32 heavy (non-hydrogen) atoms. The average Bonchev–Trinajstić information content (AvgIpc) is 3.07. The molecule has 7 nitrogen and oxygen atoms in total. The van der Waals surface area contributed by atoms with E-state index in [0.29, 0.717) is 40.3 Å². The molecule has 2 heterocycles. The van der Waals surface area contributed by atoms with Gasteiger partial charge in [0.15, 0.2) is 5.60 Å². The smallest absolute Gasteiger partial charge is 0.340 e. The van der Waals surface area contributed by atoms with Crippen LogP contribution in [-0.2, 0) is 10.3 Å². The van der Waals surface area contributed by atoms with Gasteiger partial charge in [-0.15, -0.1) is 6.58 Å². The lowest BCUT2D eigenvalue weighted by Gasteiger charge is -2.36. The maximum absolute atomic E-state index is 12.5. The van der Waals surface area contributed by atoms with Gasteiger partial charge in [0.1, 0.15) is 23.0 Å². The number of esters is 1. The van der Waals surface area contributed by atoms with Crippen LogP contribution in [0.25, 0.3) is 0 Å². The van der Waals surface area contributed by atoms with Gasteiger partial charge in [0.25, 0.3) is 0 Å². The first-order chi connectivity index (χ1) is 15.4. The molecule has 162 valence electrons. The Morgan fingerprint density at radius 3 is 2.03 bits per heavy atom. The Labute approximate surface area is 189 Å². The van der Waals surface area contributed by atoms with Gasteiger partial charge in [-0.1, -0.05) is 24.3 Å². The van der Waals surface area contributed by atoms with E-state index in [-0.39, 0.29) is 11.5 Å². The topological polar surface area (TPSA) is 126 Å². The highest BCUT2D eigenvalue weighted by Gasteiger charge is 2.53. The van der Waals surface area contributed by atoms with Gasteiger partial charge in [-0.05, 0) is 42.5 Å². The molecule has 0 amide bonds. The van der Waals surface area contributed by atoms with Gasteiger partial charge in [-0.3, -0.25) is 0 Å². The average molecular weight is 449 g/mol. The minimum atomic E-state index is -1.17. The van der Waals surface area contributed by atoms with Crippen LogP contribution >= 0.6 is 12.2 Å².